The van der Waals surface area contributed by atoms with Crippen LogP contribution in [0.15, 0.2) is 24.3 Å². The van der Waals surface area contributed by atoms with Gasteiger partial charge in [-0.3, -0.25) is 0 Å². The Morgan fingerprint density at radius 1 is 1.14 bits per heavy atom. The largest absolute Gasteiger partial charge is 0.489 e. The summed E-state index contributed by atoms with van der Waals surface area (Å²) in [5, 5.41) is 0. The third-order valence-electron chi connectivity index (χ3n) is 1.63. The van der Waals surface area contributed by atoms with Crippen LogP contribution in [0.1, 0.15) is 0 Å². The monoisotopic (exact) mass is 215 g/mol. The summed E-state index contributed by atoms with van der Waals surface area (Å²) in [7, 11) is 0. The molecule has 0 saturated heterocycles. The van der Waals surface area contributed by atoms with Crippen molar-refractivity contribution in [3.63, 3.8) is 0 Å². The highest BCUT2D eigenvalue weighted by atomic mass is 35.5. The Bertz CT molecular complexity index is 268. The highest BCUT2D eigenvalue weighted by Gasteiger charge is 1.97. The number of nitrogens with two attached hydrogens (primary N) is 1. The van der Waals surface area contributed by atoms with Gasteiger partial charge in [-0.1, -0.05) is 12.1 Å². The zero-order valence-corrected chi connectivity index (χ0v) is 8.67. The van der Waals surface area contributed by atoms with Crippen LogP contribution in [0.2, 0.25) is 0 Å². The first-order valence-electron chi connectivity index (χ1n) is 4.45. The van der Waals surface area contributed by atoms with Gasteiger partial charge in [0, 0.05) is 5.88 Å². The van der Waals surface area contributed by atoms with Gasteiger partial charge in [-0.2, -0.15) is 0 Å². The van der Waals surface area contributed by atoms with Gasteiger partial charge in [0.05, 0.1) is 18.9 Å². The Kier molecular flexibility index (Phi) is 5.19. The van der Waals surface area contributed by atoms with Crippen molar-refractivity contribution in [1.82, 2.24) is 0 Å². The van der Waals surface area contributed by atoms with Crippen molar-refractivity contribution in [2.24, 2.45) is 0 Å². The third kappa shape index (κ3) is 3.85. The van der Waals surface area contributed by atoms with Crippen molar-refractivity contribution in [1.29, 1.82) is 0 Å². The zero-order chi connectivity index (χ0) is 10.2. The molecule has 2 N–H and O–H groups in total. The molecule has 0 heterocycles. The van der Waals surface area contributed by atoms with E-state index in [0.29, 0.717) is 37.1 Å². The normalized spacial score (nSPS) is 10.1. The topological polar surface area (TPSA) is 44.5 Å². The molecule has 1 rings (SSSR count). The fourth-order valence-corrected chi connectivity index (χ4v) is 1.09. The van der Waals surface area contributed by atoms with Gasteiger partial charge in [-0.05, 0) is 12.1 Å². The molecule has 0 bridgehead atoms. The maximum atomic E-state index is 5.67. The van der Waals surface area contributed by atoms with E-state index in [2.05, 4.69) is 0 Å². The minimum absolute atomic E-state index is 0.491. The van der Waals surface area contributed by atoms with E-state index in [4.69, 9.17) is 26.8 Å². The lowest BCUT2D eigenvalue weighted by Gasteiger charge is -2.08. The van der Waals surface area contributed by atoms with E-state index in [1.165, 1.54) is 0 Å². The van der Waals surface area contributed by atoms with E-state index in [9.17, 15) is 0 Å². The Morgan fingerprint density at radius 2 is 1.93 bits per heavy atom. The molecule has 4 heteroatoms. The highest BCUT2D eigenvalue weighted by Crippen LogP contribution is 2.19. The van der Waals surface area contributed by atoms with E-state index in [0.717, 1.165) is 0 Å². The Labute approximate surface area is 88.8 Å². The summed E-state index contributed by atoms with van der Waals surface area (Å²) in [6.45, 7) is 1.57. The molecule has 78 valence electrons. The van der Waals surface area contributed by atoms with Crippen molar-refractivity contribution in [2.45, 2.75) is 0 Å². The summed E-state index contributed by atoms with van der Waals surface area (Å²) >= 11 is 5.44. The number of hydrogen-bond acceptors (Lipinski definition) is 3. The number of anilines is 1. The second-order valence-electron chi connectivity index (χ2n) is 2.69. The molecule has 0 saturated carbocycles. The molecule has 0 radical (unpaired) electrons. The lowest BCUT2D eigenvalue weighted by molar-refractivity contribution is 0.112. The summed E-state index contributed by atoms with van der Waals surface area (Å²) in [4.78, 5) is 0. The van der Waals surface area contributed by atoms with Gasteiger partial charge in [-0.25, -0.2) is 0 Å². The van der Waals surface area contributed by atoms with Gasteiger partial charge in [0.25, 0.3) is 0 Å². The van der Waals surface area contributed by atoms with Crippen LogP contribution in [0.5, 0.6) is 5.75 Å². The van der Waals surface area contributed by atoms with Crippen molar-refractivity contribution in [3.05, 3.63) is 24.3 Å². The number of halogens is 1. The number of rotatable bonds is 6. The molecule has 0 amide bonds. The number of ether oxygens (including phenoxy) is 2. The maximum absolute atomic E-state index is 5.67. The van der Waals surface area contributed by atoms with Crippen molar-refractivity contribution < 1.29 is 9.47 Å². The van der Waals surface area contributed by atoms with Crippen molar-refractivity contribution >= 4 is 17.3 Å². The van der Waals surface area contributed by atoms with E-state index < -0.39 is 0 Å². The van der Waals surface area contributed by atoms with Gasteiger partial charge in [0.1, 0.15) is 12.4 Å². The lowest BCUT2D eigenvalue weighted by atomic mass is 10.3. The predicted octanol–water partition coefficient (Wildman–Crippen LogP) is 1.90. The Morgan fingerprint density at radius 3 is 2.64 bits per heavy atom. The van der Waals surface area contributed by atoms with Crippen molar-refractivity contribution in [3.8, 4) is 5.75 Å². The SMILES string of the molecule is Nc1ccccc1OCCOCCCl. The van der Waals surface area contributed by atoms with Crippen LogP contribution in [0.4, 0.5) is 5.69 Å². The molecular formula is C10H14ClNO2. The van der Waals surface area contributed by atoms with Gasteiger partial charge in [-0.15, -0.1) is 11.6 Å². The lowest BCUT2D eigenvalue weighted by Crippen LogP contribution is -2.08. The first-order chi connectivity index (χ1) is 6.84. The Hall–Kier alpha value is -0.930. The average Bonchev–Trinajstić information content (AvgIpc) is 2.20. The van der Waals surface area contributed by atoms with E-state index in [1.54, 1.807) is 6.07 Å². The molecule has 0 unspecified atom stereocenters. The minimum atomic E-state index is 0.491. The highest BCUT2D eigenvalue weighted by molar-refractivity contribution is 6.17. The van der Waals surface area contributed by atoms with Crippen LogP contribution < -0.4 is 10.5 Å². The standard InChI is InChI=1S/C10H14ClNO2/c11-5-6-13-7-8-14-10-4-2-1-3-9(10)12/h1-4H,5-8,12H2. The first kappa shape index (κ1) is 11.1. The van der Waals surface area contributed by atoms with Gasteiger partial charge in [0.15, 0.2) is 0 Å². The molecule has 0 fully saturated rings. The maximum Gasteiger partial charge on any atom is 0.142 e. The van der Waals surface area contributed by atoms with E-state index in [1.807, 2.05) is 18.2 Å². The zero-order valence-electron chi connectivity index (χ0n) is 7.91. The molecule has 14 heavy (non-hydrogen) atoms. The molecule has 0 aliphatic rings. The number of benzene rings is 1. The molecule has 0 atom stereocenters. The smallest absolute Gasteiger partial charge is 0.142 e. The van der Waals surface area contributed by atoms with Gasteiger partial charge >= 0.3 is 0 Å². The van der Waals surface area contributed by atoms with E-state index in [-0.39, 0.29) is 0 Å². The predicted molar refractivity (Wildman–Crippen MR) is 57.9 cm³/mol. The third-order valence-corrected chi connectivity index (χ3v) is 1.78. The fraction of sp³-hybridized carbons (Fsp3) is 0.400. The average molecular weight is 216 g/mol. The summed E-state index contributed by atoms with van der Waals surface area (Å²) in [6.07, 6.45) is 0. The molecule has 0 aliphatic heterocycles. The van der Waals surface area contributed by atoms with Crippen LogP contribution in [-0.2, 0) is 4.74 Å². The number of alkyl halides is 1. The molecule has 1 aromatic carbocycles. The molecule has 1 aromatic rings. The molecule has 3 nitrogen and oxygen atoms in total. The summed E-state index contributed by atoms with van der Waals surface area (Å²) in [6, 6.07) is 7.38. The summed E-state index contributed by atoms with van der Waals surface area (Å²) in [5.41, 5.74) is 6.32. The Balaban J connectivity index is 2.21. The van der Waals surface area contributed by atoms with Crippen molar-refractivity contribution in [2.75, 3.05) is 31.4 Å². The number of nitrogen functional groups attached to an aromatic ring is 1. The van der Waals surface area contributed by atoms with Crippen LogP contribution in [-0.4, -0.2) is 25.7 Å². The number of hydrogen-bond donors (Lipinski definition) is 1. The van der Waals surface area contributed by atoms with Gasteiger partial charge in [0.2, 0.25) is 0 Å². The number of para-hydroxylation sites is 2. The molecule has 0 aromatic heterocycles. The minimum Gasteiger partial charge on any atom is -0.489 e. The molecule has 0 aliphatic carbocycles. The summed E-state index contributed by atoms with van der Waals surface area (Å²) in [5.74, 6) is 1.20. The molecular weight excluding hydrogens is 202 g/mol. The van der Waals surface area contributed by atoms with Crippen LogP contribution >= 0.6 is 11.6 Å². The second kappa shape index (κ2) is 6.51. The molecule has 0 spiro atoms. The quantitative estimate of drug-likeness (QED) is 0.448. The van der Waals surface area contributed by atoms with Crippen LogP contribution in [0, 0.1) is 0 Å². The summed E-state index contributed by atoms with van der Waals surface area (Å²) < 4.78 is 10.5. The van der Waals surface area contributed by atoms with E-state index >= 15 is 0 Å². The van der Waals surface area contributed by atoms with Gasteiger partial charge < -0.3 is 15.2 Å². The first-order valence-corrected chi connectivity index (χ1v) is 4.99. The fourth-order valence-electron chi connectivity index (χ4n) is 0.979. The second-order valence-corrected chi connectivity index (χ2v) is 3.07. The van der Waals surface area contributed by atoms with Crippen LogP contribution in [0.3, 0.4) is 0 Å². The van der Waals surface area contributed by atoms with Crippen LogP contribution in [0.25, 0.3) is 0 Å².